The zero-order chi connectivity index (χ0) is 55.3. The lowest BCUT2D eigenvalue weighted by Crippen LogP contribution is -1.92. The van der Waals surface area contributed by atoms with E-state index in [1.165, 1.54) is 0 Å². The third-order valence-corrected chi connectivity index (χ3v) is 7.64. The maximum absolute atomic E-state index is 10.2. The molecule has 0 radical (unpaired) electrons. The fourth-order valence-electron chi connectivity index (χ4n) is 5.58. The van der Waals surface area contributed by atoms with E-state index in [4.69, 9.17) is 26.3 Å². The number of hydrogen-bond donors (Lipinski definition) is 0. The topological polar surface area (TPSA) is 13.1 Å². The molecule has 1 heteroatoms. The quantitative estimate of drug-likeness (QED) is 0.178. The highest BCUT2D eigenvalue weighted by molar-refractivity contribution is 6.22. The lowest BCUT2D eigenvalue weighted by molar-refractivity contribution is 0.669. The van der Waals surface area contributed by atoms with Gasteiger partial charge >= 0.3 is 0 Å². The van der Waals surface area contributed by atoms with Crippen molar-refractivity contribution in [1.82, 2.24) is 0 Å². The summed E-state index contributed by atoms with van der Waals surface area (Å²) in [5.74, 6) is 0. The lowest BCUT2D eigenvalue weighted by Gasteiger charge is -2.19. The summed E-state index contributed by atoms with van der Waals surface area (Å²) in [6.07, 6.45) is 0. The Labute approximate surface area is 311 Å². The standard InChI is InChI=1S/C46H28O/c1-3-11-31-25-35(19-17-29(31)9-1)45-38-14-5-6-15-39(38)46(36-20-18-30-10-2-4-12-32(30)26-36)42-28-33(21-23-40(42)45)34-22-24-44-41(27-34)37-13-7-8-16-43(37)47-44/h1-28H/i1D,2D,3D,4D,5D,6D,7D,8D,9D,10D,11D,12D,13D,14D,15D,16D,17D,18D,19D,20D,21D,22D,23D,24D,25D,26D,27D,28D. The fourth-order valence-corrected chi connectivity index (χ4v) is 5.58. The Hall–Kier alpha value is -6.18. The van der Waals surface area contributed by atoms with Crippen LogP contribution >= 0.6 is 0 Å². The van der Waals surface area contributed by atoms with Crippen molar-refractivity contribution in [3.8, 4) is 33.4 Å². The molecule has 1 aromatic heterocycles. The normalized spacial score (nSPS) is 20.2. The lowest BCUT2D eigenvalue weighted by atomic mass is 9.84. The first-order chi connectivity index (χ1) is 35.0. The van der Waals surface area contributed by atoms with E-state index in [1.807, 2.05) is 0 Å². The molecule has 47 heavy (non-hydrogen) atoms. The number of benzene rings is 9. The molecule has 0 N–H and O–H groups in total. The van der Waals surface area contributed by atoms with Crippen LogP contribution < -0.4 is 0 Å². The average molecular weight is 625 g/mol. The van der Waals surface area contributed by atoms with Crippen molar-refractivity contribution in [1.29, 1.82) is 0 Å². The van der Waals surface area contributed by atoms with Crippen molar-refractivity contribution in [2.75, 3.05) is 0 Å². The van der Waals surface area contributed by atoms with E-state index in [-0.39, 0.29) is 0 Å². The van der Waals surface area contributed by atoms with Crippen LogP contribution in [-0.2, 0) is 0 Å². The second-order valence-electron chi connectivity index (χ2n) is 10.3. The summed E-state index contributed by atoms with van der Waals surface area (Å²) in [7, 11) is 0. The summed E-state index contributed by atoms with van der Waals surface area (Å²) < 4.78 is 259. The van der Waals surface area contributed by atoms with Crippen molar-refractivity contribution >= 4 is 65.0 Å². The van der Waals surface area contributed by atoms with Crippen molar-refractivity contribution in [2.45, 2.75) is 0 Å². The van der Waals surface area contributed by atoms with Gasteiger partial charge in [0.1, 0.15) is 11.2 Å². The van der Waals surface area contributed by atoms with Gasteiger partial charge in [0, 0.05) is 10.8 Å². The molecule has 0 atom stereocenters. The third kappa shape index (κ3) is 4.10. The molecule has 10 rings (SSSR count). The molecule has 1 nitrogen and oxygen atoms in total. The number of furan rings is 1. The fraction of sp³-hybridized carbons (Fsp3) is 0. The molecule has 0 fully saturated rings. The van der Waals surface area contributed by atoms with Gasteiger partial charge in [-0.25, -0.2) is 0 Å². The number of hydrogen-bond acceptors (Lipinski definition) is 1. The van der Waals surface area contributed by atoms with E-state index in [0.29, 0.717) is 0 Å². The molecule has 9 aromatic carbocycles. The van der Waals surface area contributed by atoms with Crippen LogP contribution in [0, 0.1) is 0 Å². The van der Waals surface area contributed by atoms with Crippen LogP contribution in [0.3, 0.4) is 0 Å². The van der Waals surface area contributed by atoms with Crippen LogP contribution in [0.25, 0.3) is 98.4 Å². The van der Waals surface area contributed by atoms with E-state index >= 15 is 0 Å². The first-order valence-electron chi connectivity index (χ1n) is 27.9. The average Bonchev–Trinajstić information content (AvgIpc) is 3.84. The molecule has 10 aromatic rings. The monoisotopic (exact) mass is 624 g/mol. The minimum Gasteiger partial charge on any atom is -0.456 e. The number of para-hydroxylation sites is 1. The Morgan fingerprint density at radius 3 is 1.40 bits per heavy atom. The Kier molecular flexibility index (Phi) is 2.31. The second kappa shape index (κ2) is 10.2. The molecule has 1 heterocycles. The van der Waals surface area contributed by atoms with Crippen LogP contribution in [0.2, 0.25) is 0 Å². The van der Waals surface area contributed by atoms with Gasteiger partial charge in [-0.15, -0.1) is 0 Å². The molecule has 218 valence electrons. The molecule has 0 saturated heterocycles. The van der Waals surface area contributed by atoms with Gasteiger partial charge < -0.3 is 4.42 Å². The largest absolute Gasteiger partial charge is 0.456 e. The summed E-state index contributed by atoms with van der Waals surface area (Å²) in [5, 5.41) is -6.80. The van der Waals surface area contributed by atoms with Crippen molar-refractivity contribution in [2.24, 2.45) is 0 Å². The number of fused-ring (bicyclic) bond motifs is 7. The highest BCUT2D eigenvalue weighted by Gasteiger charge is 2.18. The molecule has 0 unspecified atom stereocenters. The predicted octanol–water partition coefficient (Wildman–Crippen LogP) is 13.2. The molecular weight excluding hydrogens is 569 g/mol. The van der Waals surface area contributed by atoms with Gasteiger partial charge in [0.25, 0.3) is 0 Å². The van der Waals surface area contributed by atoms with Crippen LogP contribution in [-0.4, -0.2) is 0 Å². The van der Waals surface area contributed by atoms with E-state index in [2.05, 4.69) is 0 Å². The first-order valence-corrected chi connectivity index (χ1v) is 13.9. The summed E-state index contributed by atoms with van der Waals surface area (Å²) in [5.41, 5.74) is -6.13. The summed E-state index contributed by atoms with van der Waals surface area (Å²) in [6.45, 7) is 0. The molecule has 0 aliphatic heterocycles. The van der Waals surface area contributed by atoms with Crippen molar-refractivity contribution in [3.05, 3.63) is 169 Å². The smallest absolute Gasteiger partial charge is 0.135 e. The molecular formula is C46H28O. The van der Waals surface area contributed by atoms with Crippen LogP contribution in [0.4, 0.5) is 0 Å². The molecule has 0 bridgehead atoms. The predicted molar refractivity (Wildman–Crippen MR) is 200 cm³/mol. The Morgan fingerprint density at radius 2 is 0.745 bits per heavy atom. The highest BCUT2D eigenvalue weighted by atomic mass is 16.3. The Balaban J connectivity index is 1.57. The van der Waals surface area contributed by atoms with Gasteiger partial charge in [-0.2, -0.15) is 0 Å². The van der Waals surface area contributed by atoms with Crippen LogP contribution in [0.1, 0.15) is 38.4 Å². The highest BCUT2D eigenvalue weighted by Crippen LogP contribution is 2.46. The van der Waals surface area contributed by atoms with E-state index in [1.54, 1.807) is 0 Å². The SMILES string of the molecule is [2H]c1c([2H])c([2H])c2c(oc3c([2H])c([2H])c(-c4c([2H])c([2H])c5c(-c6c([2H])c([2H])c7c([2H])c([2H])c([2H])c([2H])c7c6[2H])c6c([2H])c([2H])c([2H])c([2H])c6c(-c6c([2H])c([2H])c7c([2H])c([2H])c([2H])c([2H])c7c6[2H])c5c4[2H])c([2H])c32)c1[2H]. The van der Waals surface area contributed by atoms with Gasteiger partial charge in [-0.05, 0) is 113 Å². The van der Waals surface area contributed by atoms with Gasteiger partial charge in [0.05, 0.1) is 38.4 Å². The summed E-state index contributed by atoms with van der Waals surface area (Å²) in [4.78, 5) is 0. The molecule has 0 aliphatic carbocycles. The molecule has 0 amide bonds. The second-order valence-corrected chi connectivity index (χ2v) is 10.3. The Morgan fingerprint density at radius 1 is 0.298 bits per heavy atom. The number of rotatable bonds is 3. The van der Waals surface area contributed by atoms with Crippen molar-refractivity contribution < 1.29 is 42.8 Å². The maximum atomic E-state index is 10.2. The summed E-state index contributed by atoms with van der Waals surface area (Å²) in [6, 6.07) is -26.1. The molecule has 0 spiro atoms. The molecule has 0 saturated carbocycles. The zero-order valence-corrected chi connectivity index (χ0v) is 23.4. The zero-order valence-electron chi connectivity index (χ0n) is 51.4. The maximum Gasteiger partial charge on any atom is 0.135 e. The van der Waals surface area contributed by atoms with E-state index < -0.39 is 268 Å². The van der Waals surface area contributed by atoms with E-state index in [9.17, 15) is 16.4 Å². The van der Waals surface area contributed by atoms with E-state index in [0.717, 1.165) is 0 Å². The minimum atomic E-state index is -1.11. The van der Waals surface area contributed by atoms with Crippen LogP contribution in [0.5, 0.6) is 0 Å². The van der Waals surface area contributed by atoms with Gasteiger partial charge in [0.15, 0.2) is 0 Å². The third-order valence-electron chi connectivity index (χ3n) is 7.64. The van der Waals surface area contributed by atoms with Gasteiger partial charge in [-0.1, -0.05) is 133 Å². The minimum absolute atomic E-state index is 0.446. The Bertz CT molecular complexity index is 4440. The molecule has 0 aliphatic rings. The van der Waals surface area contributed by atoms with Gasteiger partial charge in [-0.3, -0.25) is 0 Å². The van der Waals surface area contributed by atoms with Gasteiger partial charge in [0.2, 0.25) is 0 Å². The first kappa shape index (κ1) is 10.7. The van der Waals surface area contributed by atoms with Crippen LogP contribution in [0.15, 0.2) is 174 Å². The summed E-state index contributed by atoms with van der Waals surface area (Å²) >= 11 is 0. The van der Waals surface area contributed by atoms with Crippen molar-refractivity contribution in [3.63, 3.8) is 0 Å².